The molecule has 1 aromatic carbocycles. The number of aromatic nitrogens is 1. The van der Waals surface area contributed by atoms with Crippen LogP contribution < -0.4 is 0 Å². The van der Waals surface area contributed by atoms with Gasteiger partial charge in [0.1, 0.15) is 5.84 Å². The van der Waals surface area contributed by atoms with E-state index in [1.54, 1.807) is 0 Å². The van der Waals surface area contributed by atoms with Gasteiger partial charge in [-0.15, -0.1) is 0 Å². The molecule has 104 valence electrons. The Morgan fingerprint density at radius 3 is 2.70 bits per heavy atom. The van der Waals surface area contributed by atoms with E-state index >= 15 is 0 Å². The second-order valence-electron chi connectivity index (χ2n) is 5.66. The number of benzene rings is 1. The van der Waals surface area contributed by atoms with Gasteiger partial charge in [0.2, 0.25) is 0 Å². The zero-order valence-electron chi connectivity index (χ0n) is 12.5. The largest absolute Gasteiger partial charge is 0.366 e. The van der Waals surface area contributed by atoms with Crippen molar-refractivity contribution >= 4 is 22.4 Å². The molecule has 0 radical (unpaired) electrons. The van der Waals surface area contributed by atoms with Crippen molar-refractivity contribution in [3.8, 4) is 0 Å². The average Bonchev–Trinajstić information content (AvgIpc) is 2.46. The highest BCUT2D eigenvalue weighted by molar-refractivity contribution is 5.95. The van der Waals surface area contributed by atoms with Crippen LogP contribution in [0.2, 0.25) is 0 Å². The molecule has 3 rings (SSSR count). The Labute approximate surface area is 120 Å². The highest BCUT2D eigenvalue weighted by Crippen LogP contribution is 2.35. The fourth-order valence-electron chi connectivity index (χ4n) is 2.74. The maximum Gasteiger partial charge on any atom is 0.101 e. The lowest BCUT2D eigenvalue weighted by Gasteiger charge is -2.20. The number of aliphatic imine (C=N–C) groups is 1. The number of amidine groups is 1. The summed E-state index contributed by atoms with van der Waals surface area (Å²) in [5.41, 5.74) is 4.81. The molecule has 2 aromatic rings. The first-order chi connectivity index (χ1) is 9.66. The van der Waals surface area contributed by atoms with E-state index in [-0.39, 0.29) is 0 Å². The maximum absolute atomic E-state index is 4.90. The van der Waals surface area contributed by atoms with Gasteiger partial charge < -0.3 is 4.90 Å². The van der Waals surface area contributed by atoms with E-state index < -0.39 is 0 Å². The molecule has 20 heavy (non-hydrogen) atoms. The summed E-state index contributed by atoms with van der Waals surface area (Å²) < 4.78 is 0. The van der Waals surface area contributed by atoms with Crippen LogP contribution in [0.4, 0.5) is 5.69 Å². The van der Waals surface area contributed by atoms with E-state index in [1.807, 2.05) is 14.1 Å². The van der Waals surface area contributed by atoms with Gasteiger partial charge in [-0.3, -0.25) is 4.98 Å². The second kappa shape index (κ2) is 5.23. The third kappa shape index (κ3) is 2.28. The molecule has 1 aliphatic carbocycles. The summed E-state index contributed by atoms with van der Waals surface area (Å²) in [5, 5.41) is 1.18. The number of hydrogen-bond donors (Lipinski definition) is 0. The predicted molar refractivity (Wildman–Crippen MR) is 84.8 cm³/mol. The quantitative estimate of drug-likeness (QED) is 0.582. The lowest BCUT2D eigenvalue weighted by Crippen LogP contribution is -2.18. The van der Waals surface area contributed by atoms with Crippen LogP contribution >= 0.6 is 0 Å². The highest BCUT2D eigenvalue weighted by atomic mass is 15.1. The van der Waals surface area contributed by atoms with Crippen LogP contribution in [-0.2, 0) is 12.8 Å². The van der Waals surface area contributed by atoms with Crippen molar-refractivity contribution in [3.05, 3.63) is 35.5 Å². The molecule has 0 aliphatic heterocycles. The summed E-state index contributed by atoms with van der Waals surface area (Å²) in [6, 6.07) is 8.35. The normalized spacial score (nSPS) is 15.2. The van der Waals surface area contributed by atoms with Gasteiger partial charge in [-0.05, 0) is 38.7 Å². The zero-order chi connectivity index (χ0) is 14.1. The van der Waals surface area contributed by atoms with Crippen LogP contribution in [0.1, 0.15) is 31.0 Å². The molecule has 0 bridgehead atoms. The molecule has 0 spiro atoms. The number of pyridine rings is 1. The third-order valence-electron chi connectivity index (χ3n) is 4.06. The van der Waals surface area contributed by atoms with Gasteiger partial charge in [-0.25, -0.2) is 4.99 Å². The van der Waals surface area contributed by atoms with Gasteiger partial charge in [0.25, 0.3) is 0 Å². The molecule has 0 atom stereocenters. The minimum Gasteiger partial charge on any atom is -0.366 e. The molecular formula is C17H21N3. The van der Waals surface area contributed by atoms with Gasteiger partial charge in [-0.2, -0.15) is 0 Å². The lowest BCUT2D eigenvalue weighted by molar-refractivity contribution is 0.618. The summed E-state index contributed by atoms with van der Waals surface area (Å²) in [6.45, 7) is 2.06. The molecule has 0 saturated carbocycles. The Hall–Kier alpha value is -1.90. The molecule has 0 saturated heterocycles. The molecule has 3 heteroatoms. The van der Waals surface area contributed by atoms with E-state index in [1.165, 1.54) is 29.5 Å². The first kappa shape index (κ1) is 13.1. The SMILES string of the molecule is CC(=Nc1c2c(nc3ccccc13)CCCC2)N(C)C. The molecular weight excluding hydrogens is 246 g/mol. The van der Waals surface area contributed by atoms with Crippen LogP contribution in [-0.4, -0.2) is 29.8 Å². The lowest BCUT2D eigenvalue weighted by atomic mass is 9.93. The van der Waals surface area contributed by atoms with Crippen LogP contribution in [0.15, 0.2) is 29.3 Å². The van der Waals surface area contributed by atoms with Gasteiger partial charge >= 0.3 is 0 Å². The van der Waals surface area contributed by atoms with Crippen LogP contribution in [0.3, 0.4) is 0 Å². The average molecular weight is 267 g/mol. The van der Waals surface area contributed by atoms with E-state index in [2.05, 4.69) is 36.1 Å². The number of para-hydroxylation sites is 1. The van der Waals surface area contributed by atoms with Crippen LogP contribution in [0, 0.1) is 0 Å². The van der Waals surface area contributed by atoms with Crippen molar-refractivity contribution in [1.82, 2.24) is 9.88 Å². The topological polar surface area (TPSA) is 28.5 Å². The predicted octanol–water partition coefficient (Wildman–Crippen LogP) is 3.73. The standard InChI is InChI=1S/C17H21N3/c1-12(20(2)3)18-17-13-8-4-6-10-15(13)19-16-11-7-5-9-14(16)17/h4,6,8,10H,5,7,9,11H2,1-3H3. The minimum atomic E-state index is 1.04. The van der Waals surface area contributed by atoms with Crippen molar-refractivity contribution in [2.24, 2.45) is 4.99 Å². The number of hydrogen-bond acceptors (Lipinski definition) is 2. The summed E-state index contributed by atoms with van der Waals surface area (Å²) in [7, 11) is 4.07. The van der Waals surface area contributed by atoms with Crippen LogP contribution in [0.25, 0.3) is 10.9 Å². The molecule has 3 nitrogen and oxygen atoms in total. The molecule has 0 N–H and O–H groups in total. The van der Waals surface area contributed by atoms with Gasteiger partial charge in [-0.1, -0.05) is 18.2 Å². The summed E-state index contributed by atoms with van der Waals surface area (Å²) >= 11 is 0. The Kier molecular flexibility index (Phi) is 3.43. The molecule has 0 amide bonds. The van der Waals surface area contributed by atoms with Gasteiger partial charge in [0.15, 0.2) is 0 Å². The van der Waals surface area contributed by atoms with Crippen LogP contribution in [0.5, 0.6) is 0 Å². The van der Waals surface area contributed by atoms with Crippen molar-refractivity contribution in [1.29, 1.82) is 0 Å². The molecule has 1 aliphatic rings. The number of rotatable bonds is 1. The number of aryl methyl sites for hydroxylation is 1. The Morgan fingerprint density at radius 1 is 1.15 bits per heavy atom. The van der Waals surface area contributed by atoms with E-state index in [9.17, 15) is 0 Å². The molecule has 0 unspecified atom stereocenters. The van der Waals surface area contributed by atoms with E-state index in [0.717, 1.165) is 29.9 Å². The maximum atomic E-state index is 4.90. The van der Waals surface area contributed by atoms with E-state index in [0.29, 0.717) is 0 Å². The van der Waals surface area contributed by atoms with Crippen molar-refractivity contribution in [3.63, 3.8) is 0 Å². The Bertz CT molecular complexity index is 671. The van der Waals surface area contributed by atoms with Gasteiger partial charge in [0.05, 0.1) is 11.2 Å². The minimum absolute atomic E-state index is 1.04. The first-order valence-electron chi connectivity index (χ1n) is 7.30. The van der Waals surface area contributed by atoms with Crippen molar-refractivity contribution in [2.45, 2.75) is 32.6 Å². The summed E-state index contributed by atoms with van der Waals surface area (Å²) in [6.07, 6.45) is 4.68. The number of nitrogens with zero attached hydrogens (tertiary/aromatic N) is 3. The highest BCUT2D eigenvalue weighted by Gasteiger charge is 2.18. The van der Waals surface area contributed by atoms with E-state index in [4.69, 9.17) is 9.98 Å². The smallest absolute Gasteiger partial charge is 0.101 e. The van der Waals surface area contributed by atoms with Crippen molar-refractivity contribution in [2.75, 3.05) is 14.1 Å². The molecule has 1 heterocycles. The van der Waals surface area contributed by atoms with Crippen molar-refractivity contribution < 1.29 is 0 Å². The Morgan fingerprint density at radius 2 is 1.90 bits per heavy atom. The summed E-state index contributed by atoms with van der Waals surface area (Å²) in [4.78, 5) is 11.8. The Balaban J connectivity index is 2.28. The summed E-state index contributed by atoms with van der Waals surface area (Å²) in [5.74, 6) is 1.04. The van der Waals surface area contributed by atoms with Gasteiger partial charge in [0, 0.05) is 30.7 Å². The third-order valence-corrected chi connectivity index (χ3v) is 4.06. The molecule has 0 fully saturated rings. The number of fused-ring (bicyclic) bond motifs is 2. The first-order valence-corrected chi connectivity index (χ1v) is 7.30. The monoisotopic (exact) mass is 267 g/mol. The second-order valence-corrected chi connectivity index (χ2v) is 5.66. The fraction of sp³-hybridized carbons (Fsp3) is 0.412. The zero-order valence-corrected chi connectivity index (χ0v) is 12.5. The molecule has 1 aromatic heterocycles. The fourth-order valence-corrected chi connectivity index (χ4v) is 2.74.